The van der Waals surface area contributed by atoms with E-state index in [4.69, 9.17) is 11.6 Å². The number of nitrogens with one attached hydrogen (secondary N) is 2. The van der Waals surface area contributed by atoms with E-state index in [0.29, 0.717) is 11.8 Å². The molecule has 6 heteroatoms. The van der Waals surface area contributed by atoms with Gasteiger partial charge in [-0.1, -0.05) is 23.7 Å². The van der Waals surface area contributed by atoms with Gasteiger partial charge in [-0.25, -0.2) is 0 Å². The number of rotatable bonds is 5. The Kier molecular flexibility index (Phi) is 7.61. The van der Waals surface area contributed by atoms with Crippen LogP contribution in [0.5, 0.6) is 0 Å². The van der Waals surface area contributed by atoms with Crippen LogP contribution >= 0.6 is 35.8 Å². The Balaban J connectivity index is 0.00000180. The van der Waals surface area contributed by atoms with E-state index >= 15 is 0 Å². The predicted octanol–water partition coefficient (Wildman–Crippen LogP) is 2.47. The molecule has 1 aliphatic heterocycles. The number of benzene rings is 1. The van der Waals surface area contributed by atoms with Crippen LogP contribution in [0.15, 0.2) is 24.3 Å². The van der Waals surface area contributed by atoms with Crippen molar-refractivity contribution < 1.29 is 4.79 Å². The molecule has 1 aromatic rings. The van der Waals surface area contributed by atoms with E-state index in [1.807, 2.05) is 24.3 Å². The van der Waals surface area contributed by atoms with Crippen molar-refractivity contribution in [2.45, 2.75) is 18.2 Å². The van der Waals surface area contributed by atoms with E-state index < -0.39 is 0 Å². The van der Waals surface area contributed by atoms with E-state index in [-0.39, 0.29) is 18.3 Å². The number of hydrogen-bond acceptors (Lipinski definition) is 3. The lowest BCUT2D eigenvalue weighted by molar-refractivity contribution is -0.119. The minimum Gasteiger partial charge on any atom is -0.351 e. The maximum absolute atomic E-state index is 11.7. The highest BCUT2D eigenvalue weighted by atomic mass is 35.5. The number of carbonyl (C=O) groups excluding carboxylic acids is 1. The van der Waals surface area contributed by atoms with E-state index in [1.165, 1.54) is 0 Å². The summed E-state index contributed by atoms with van der Waals surface area (Å²) < 4.78 is 0. The van der Waals surface area contributed by atoms with Gasteiger partial charge in [0, 0.05) is 23.4 Å². The molecule has 1 unspecified atom stereocenters. The van der Waals surface area contributed by atoms with Crippen LogP contribution in [0.3, 0.4) is 0 Å². The zero-order chi connectivity index (χ0) is 12.8. The summed E-state index contributed by atoms with van der Waals surface area (Å²) in [5.74, 6) is 1.44. The summed E-state index contributed by atoms with van der Waals surface area (Å²) in [5.41, 5.74) is 1.16. The molecule has 1 heterocycles. The van der Waals surface area contributed by atoms with Crippen LogP contribution in [0.4, 0.5) is 0 Å². The topological polar surface area (TPSA) is 41.1 Å². The zero-order valence-electron chi connectivity index (χ0n) is 10.5. The van der Waals surface area contributed by atoms with Gasteiger partial charge in [-0.15, -0.1) is 24.2 Å². The third-order valence-corrected chi connectivity index (χ3v) is 4.06. The molecular weight excluding hydrogens is 303 g/mol. The Morgan fingerprint density at radius 3 is 3.05 bits per heavy atom. The predicted molar refractivity (Wildman–Crippen MR) is 84.3 cm³/mol. The van der Waals surface area contributed by atoms with E-state index in [2.05, 4.69) is 10.6 Å². The lowest BCUT2D eigenvalue weighted by atomic mass is 10.2. The molecular formula is C13H18Cl2N2OS. The van der Waals surface area contributed by atoms with Gasteiger partial charge in [-0.3, -0.25) is 4.79 Å². The molecule has 0 aliphatic carbocycles. The molecule has 1 atom stereocenters. The maximum atomic E-state index is 11.7. The van der Waals surface area contributed by atoms with Gasteiger partial charge in [0.1, 0.15) is 0 Å². The molecule has 1 aromatic carbocycles. The molecule has 0 aromatic heterocycles. The van der Waals surface area contributed by atoms with Gasteiger partial charge >= 0.3 is 0 Å². The second-order valence-corrected chi connectivity index (χ2v) is 5.80. The van der Waals surface area contributed by atoms with Gasteiger partial charge in [0.2, 0.25) is 5.91 Å². The summed E-state index contributed by atoms with van der Waals surface area (Å²) >= 11 is 7.52. The highest BCUT2D eigenvalue weighted by molar-refractivity contribution is 7.99. The number of hydrogen-bond donors (Lipinski definition) is 2. The van der Waals surface area contributed by atoms with Crippen LogP contribution < -0.4 is 10.6 Å². The number of amides is 1. The molecule has 1 amide bonds. The van der Waals surface area contributed by atoms with Gasteiger partial charge in [-0.2, -0.15) is 0 Å². The van der Waals surface area contributed by atoms with Crippen molar-refractivity contribution in [3.8, 4) is 0 Å². The average molecular weight is 321 g/mol. The highest BCUT2D eigenvalue weighted by Crippen LogP contribution is 2.16. The fourth-order valence-electron chi connectivity index (χ4n) is 1.94. The van der Waals surface area contributed by atoms with Crippen LogP contribution in [-0.4, -0.2) is 30.8 Å². The summed E-state index contributed by atoms with van der Waals surface area (Å²) in [5, 5.41) is 7.00. The Morgan fingerprint density at radius 1 is 1.53 bits per heavy atom. The first-order valence-electron chi connectivity index (χ1n) is 6.06. The Morgan fingerprint density at radius 2 is 2.37 bits per heavy atom. The Labute approximate surface area is 129 Å². The van der Waals surface area contributed by atoms with Crippen LogP contribution in [0, 0.1) is 0 Å². The third-order valence-electron chi connectivity index (χ3n) is 2.82. The molecule has 106 valence electrons. The van der Waals surface area contributed by atoms with Crippen molar-refractivity contribution in [2.24, 2.45) is 0 Å². The summed E-state index contributed by atoms with van der Waals surface area (Å²) in [6, 6.07) is 8.06. The largest absolute Gasteiger partial charge is 0.351 e. The molecule has 0 bridgehead atoms. The first-order chi connectivity index (χ1) is 8.74. The van der Waals surface area contributed by atoms with Crippen molar-refractivity contribution in [1.29, 1.82) is 0 Å². The second kappa shape index (κ2) is 8.69. The van der Waals surface area contributed by atoms with Gasteiger partial charge in [-0.05, 0) is 30.7 Å². The zero-order valence-corrected chi connectivity index (χ0v) is 12.9. The van der Waals surface area contributed by atoms with Gasteiger partial charge in [0.05, 0.1) is 5.75 Å². The molecule has 1 fully saturated rings. The summed E-state index contributed by atoms with van der Waals surface area (Å²) in [6.07, 6.45) is 1.03. The Bertz CT molecular complexity index is 411. The first kappa shape index (κ1) is 16.6. The summed E-state index contributed by atoms with van der Waals surface area (Å²) in [7, 11) is 0. The number of carbonyl (C=O) groups is 1. The van der Waals surface area contributed by atoms with Crippen LogP contribution in [0.1, 0.15) is 12.0 Å². The molecule has 0 spiro atoms. The van der Waals surface area contributed by atoms with Crippen molar-refractivity contribution in [2.75, 3.05) is 18.8 Å². The maximum Gasteiger partial charge on any atom is 0.230 e. The molecule has 2 N–H and O–H groups in total. The summed E-state index contributed by atoms with van der Waals surface area (Å²) in [4.78, 5) is 11.7. The second-order valence-electron chi connectivity index (χ2n) is 4.38. The lowest BCUT2D eigenvalue weighted by Crippen LogP contribution is -2.37. The minimum absolute atomic E-state index is 0. The molecule has 1 saturated heterocycles. The lowest BCUT2D eigenvalue weighted by Gasteiger charge is -2.10. The van der Waals surface area contributed by atoms with Crippen LogP contribution in [0.25, 0.3) is 0 Å². The monoisotopic (exact) mass is 320 g/mol. The van der Waals surface area contributed by atoms with Crippen molar-refractivity contribution in [3.63, 3.8) is 0 Å². The molecule has 19 heavy (non-hydrogen) atoms. The standard InChI is InChI=1S/C13H17ClN2OS.ClH/c14-11-3-1-2-10(6-11)8-18-9-13(17)16-12-4-5-15-7-12;/h1-3,6,12,15H,4-5,7-9H2,(H,16,17);1H. The average Bonchev–Trinajstić information content (AvgIpc) is 2.82. The molecule has 2 rings (SSSR count). The van der Waals surface area contributed by atoms with Crippen molar-refractivity contribution in [3.05, 3.63) is 34.9 Å². The van der Waals surface area contributed by atoms with E-state index in [9.17, 15) is 4.79 Å². The molecule has 0 radical (unpaired) electrons. The Hall–Kier alpha value is -0.420. The van der Waals surface area contributed by atoms with Gasteiger partial charge in [0.25, 0.3) is 0 Å². The van der Waals surface area contributed by atoms with Crippen molar-refractivity contribution in [1.82, 2.24) is 10.6 Å². The van der Waals surface area contributed by atoms with Gasteiger partial charge in [0.15, 0.2) is 0 Å². The first-order valence-corrected chi connectivity index (χ1v) is 7.59. The fraction of sp³-hybridized carbons (Fsp3) is 0.462. The highest BCUT2D eigenvalue weighted by Gasteiger charge is 2.16. The van der Waals surface area contributed by atoms with Crippen LogP contribution in [0.2, 0.25) is 5.02 Å². The molecule has 3 nitrogen and oxygen atoms in total. The number of thioether (sulfide) groups is 1. The third kappa shape index (κ3) is 6.04. The summed E-state index contributed by atoms with van der Waals surface area (Å²) in [6.45, 7) is 1.89. The quantitative estimate of drug-likeness (QED) is 0.875. The van der Waals surface area contributed by atoms with Crippen molar-refractivity contribution >= 4 is 41.7 Å². The minimum atomic E-state index is 0. The SMILES string of the molecule is Cl.O=C(CSCc1cccc(Cl)c1)NC1CCNC1. The fourth-order valence-corrected chi connectivity index (χ4v) is 2.93. The van der Waals surface area contributed by atoms with E-state index in [0.717, 1.165) is 35.8 Å². The smallest absolute Gasteiger partial charge is 0.230 e. The molecule has 0 saturated carbocycles. The van der Waals surface area contributed by atoms with E-state index in [1.54, 1.807) is 11.8 Å². The van der Waals surface area contributed by atoms with Gasteiger partial charge < -0.3 is 10.6 Å². The normalized spacial score (nSPS) is 17.8. The number of halogens is 2. The van der Waals surface area contributed by atoms with Crippen LogP contribution in [-0.2, 0) is 10.5 Å². The molecule has 1 aliphatic rings.